The van der Waals surface area contributed by atoms with E-state index >= 15 is 0 Å². The van der Waals surface area contributed by atoms with Gasteiger partial charge in [-0.25, -0.2) is 8.78 Å². The maximum Gasteiger partial charge on any atom is 0.330 e. The number of benzene rings is 1. The fraction of sp³-hybridized carbons (Fsp3) is 0.636. The molecule has 1 aliphatic carbocycles. The van der Waals surface area contributed by atoms with Gasteiger partial charge in [0.15, 0.2) is 0 Å². The maximum atomic E-state index is 13.0. The van der Waals surface area contributed by atoms with Crippen molar-refractivity contribution in [3.05, 3.63) is 29.8 Å². The summed E-state index contributed by atoms with van der Waals surface area (Å²) in [4.78, 5) is 27.7. The Labute approximate surface area is 179 Å². The van der Waals surface area contributed by atoms with E-state index in [1.807, 2.05) is 4.90 Å². The molecule has 3 rings (SSSR count). The fourth-order valence-electron chi connectivity index (χ4n) is 4.25. The van der Waals surface area contributed by atoms with Crippen LogP contribution in [0.3, 0.4) is 0 Å². The minimum Gasteiger partial charge on any atom is -0.370 e. The monoisotopic (exact) mass is 444 g/mol. The van der Waals surface area contributed by atoms with Crippen molar-refractivity contribution in [2.75, 3.05) is 25.0 Å². The molecule has 2 amide bonds. The van der Waals surface area contributed by atoms with E-state index < -0.39 is 24.9 Å². The van der Waals surface area contributed by atoms with Crippen molar-refractivity contribution in [2.24, 2.45) is 11.8 Å². The first-order valence-electron chi connectivity index (χ1n) is 10.7. The summed E-state index contributed by atoms with van der Waals surface area (Å²) in [7, 11) is 0. The number of rotatable bonds is 8. The molecule has 1 saturated carbocycles. The fourth-order valence-corrected chi connectivity index (χ4v) is 4.25. The highest BCUT2D eigenvalue weighted by atomic mass is 19.3. The van der Waals surface area contributed by atoms with Crippen LogP contribution in [-0.2, 0) is 20.9 Å². The zero-order valence-corrected chi connectivity index (χ0v) is 17.3. The third-order valence-corrected chi connectivity index (χ3v) is 5.91. The Morgan fingerprint density at radius 3 is 2.45 bits per heavy atom. The van der Waals surface area contributed by atoms with Crippen molar-refractivity contribution in [1.82, 2.24) is 4.90 Å². The number of ether oxygens (including phenoxy) is 1. The van der Waals surface area contributed by atoms with E-state index in [0.717, 1.165) is 38.8 Å². The van der Waals surface area contributed by atoms with Gasteiger partial charge in [-0.05, 0) is 43.4 Å². The SMILES string of the molecule is O=C(Nc1cccc(COCC(F)(F)C(F)F)c1)C1CCCCC1C(=O)N1CCCC1. The van der Waals surface area contributed by atoms with Gasteiger partial charge in [0.05, 0.1) is 6.61 Å². The Hall–Kier alpha value is -2.16. The Balaban J connectivity index is 1.58. The van der Waals surface area contributed by atoms with Crippen molar-refractivity contribution in [3.63, 3.8) is 0 Å². The molecule has 2 fully saturated rings. The van der Waals surface area contributed by atoms with E-state index in [2.05, 4.69) is 5.32 Å². The van der Waals surface area contributed by atoms with Crippen LogP contribution in [0.4, 0.5) is 23.2 Å². The predicted molar refractivity (Wildman–Crippen MR) is 107 cm³/mol. The standard InChI is InChI=1S/C22H28F4N2O3/c23-21(24)22(25,26)14-31-13-15-6-5-7-16(12-15)27-19(29)17-8-1-2-9-18(17)20(30)28-10-3-4-11-28/h5-7,12,17-18,21H,1-4,8-11,13-14H2,(H,27,29). The average Bonchev–Trinajstić information content (AvgIpc) is 3.28. The van der Waals surface area contributed by atoms with Crippen molar-refractivity contribution < 1.29 is 31.9 Å². The summed E-state index contributed by atoms with van der Waals surface area (Å²) in [6.07, 6.45) is 1.34. The average molecular weight is 444 g/mol. The smallest absolute Gasteiger partial charge is 0.330 e. The minimum atomic E-state index is -4.20. The summed E-state index contributed by atoms with van der Waals surface area (Å²) < 4.78 is 55.1. The number of hydrogen-bond donors (Lipinski definition) is 1. The molecule has 172 valence electrons. The second-order valence-electron chi connectivity index (χ2n) is 8.27. The number of anilines is 1. The molecule has 0 bridgehead atoms. The molecule has 9 heteroatoms. The number of nitrogens with one attached hydrogen (secondary N) is 1. The lowest BCUT2D eigenvalue weighted by atomic mass is 9.77. The molecule has 1 aromatic carbocycles. The molecule has 0 spiro atoms. The first-order chi connectivity index (χ1) is 14.8. The van der Waals surface area contributed by atoms with E-state index in [4.69, 9.17) is 4.74 Å². The first-order valence-corrected chi connectivity index (χ1v) is 10.7. The molecule has 31 heavy (non-hydrogen) atoms. The van der Waals surface area contributed by atoms with Crippen LogP contribution < -0.4 is 5.32 Å². The Morgan fingerprint density at radius 1 is 1.10 bits per heavy atom. The molecule has 2 atom stereocenters. The van der Waals surface area contributed by atoms with Crippen LogP contribution in [0.1, 0.15) is 44.1 Å². The highest BCUT2D eigenvalue weighted by Gasteiger charge is 2.41. The number of carbonyl (C=O) groups is 2. The highest BCUT2D eigenvalue weighted by molar-refractivity contribution is 5.96. The number of halogens is 4. The maximum absolute atomic E-state index is 13.0. The third-order valence-electron chi connectivity index (χ3n) is 5.91. The summed E-state index contributed by atoms with van der Waals surface area (Å²) in [5.74, 6) is -5.12. The molecule has 2 unspecified atom stereocenters. The number of nitrogens with zero attached hydrogens (tertiary/aromatic N) is 1. The lowest BCUT2D eigenvalue weighted by molar-refractivity contribution is -0.168. The molecule has 1 aromatic rings. The van der Waals surface area contributed by atoms with Gasteiger partial charge in [-0.15, -0.1) is 0 Å². The normalized spacial score (nSPS) is 22.0. The van der Waals surface area contributed by atoms with Crippen LogP contribution in [0.2, 0.25) is 0 Å². The molecule has 0 radical (unpaired) electrons. The largest absolute Gasteiger partial charge is 0.370 e. The summed E-state index contributed by atoms with van der Waals surface area (Å²) >= 11 is 0. The van der Waals surface area contributed by atoms with E-state index in [1.165, 1.54) is 0 Å². The van der Waals surface area contributed by atoms with Gasteiger partial charge in [0, 0.05) is 30.6 Å². The van der Waals surface area contributed by atoms with Crippen LogP contribution in [0.25, 0.3) is 0 Å². The number of carbonyl (C=O) groups excluding carboxylic acids is 2. The zero-order chi connectivity index (χ0) is 22.4. The number of alkyl halides is 4. The van der Waals surface area contributed by atoms with Crippen LogP contribution >= 0.6 is 0 Å². The van der Waals surface area contributed by atoms with Crippen molar-refractivity contribution in [3.8, 4) is 0 Å². The molecule has 2 aliphatic rings. The summed E-state index contributed by atoms with van der Waals surface area (Å²) in [6.45, 7) is -0.179. The molecule has 5 nitrogen and oxygen atoms in total. The number of hydrogen-bond acceptors (Lipinski definition) is 3. The van der Waals surface area contributed by atoms with Crippen molar-refractivity contribution in [1.29, 1.82) is 0 Å². The molecule has 1 heterocycles. The van der Waals surface area contributed by atoms with Crippen molar-refractivity contribution in [2.45, 2.75) is 57.5 Å². The summed E-state index contributed by atoms with van der Waals surface area (Å²) in [5, 5.41) is 2.82. The van der Waals surface area contributed by atoms with E-state index in [9.17, 15) is 27.2 Å². The molecular weight excluding hydrogens is 416 g/mol. The molecular formula is C22H28F4N2O3. The minimum absolute atomic E-state index is 0.0551. The lowest BCUT2D eigenvalue weighted by Crippen LogP contribution is -2.42. The van der Waals surface area contributed by atoms with E-state index in [-0.39, 0.29) is 24.3 Å². The summed E-state index contributed by atoms with van der Waals surface area (Å²) in [6, 6.07) is 6.41. The van der Waals surface area contributed by atoms with Gasteiger partial charge < -0.3 is 15.0 Å². The van der Waals surface area contributed by atoms with Gasteiger partial charge in [0.25, 0.3) is 0 Å². The molecule has 1 aliphatic heterocycles. The second kappa shape index (κ2) is 10.4. The topological polar surface area (TPSA) is 58.6 Å². The van der Waals surface area contributed by atoms with E-state index in [1.54, 1.807) is 24.3 Å². The highest BCUT2D eigenvalue weighted by Crippen LogP contribution is 2.33. The molecule has 1 saturated heterocycles. The second-order valence-corrected chi connectivity index (χ2v) is 8.27. The van der Waals surface area contributed by atoms with Gasteiger partial charge in [0.1, 0.15) is 6.61 Å². The van der Waals surface area contributed by atoms with Crippen LogP contribution in [-0.4, -0.2) is 48.8 Å². The van der Waals surface area contributed by atoms with Gasteiger partial charge in [-0.1, -0.05) is 25.0 Å². The van der Waals surface area contributed by atoms with Crippen LogP contribution in [0.15, 0.2) is 24.3 Å². The van der Waals surface area contributed by atoms with Gasteiger partial charge in [0.2, 0.25) is 11.8 Å². The molecule has 0 aromatic heterocycles. The van der Waals surface area contributed by atoms with Crippen molar-refractivity contribution >= 4 is 17.5 Å². The number of amides is 2. The summed E-state index contributed by atoms with van der Waals surface area (Å²) in [5.41, 5.74) is 0.917. The zero-order valence-electron chi connectivity index (χ0n) is 17.3. The van der Waals surface area contributed by atoms with Gasteiger partial charge >= 0.3 is 12.3 Å². The number of likely N-dealkylation sites (tertiary alicyclic amines) is 1. The quantitative estimate of drug-likeness (QED) is 0.602. The first kappa shape index (κ1) is 23.5. The Bertz CT molecular complexity index is 769. The third kappa shape index (κ3) is 6.18. The van der Waals surface area contributed by atoms with Gasteiger partial charge in [-0.3, -0.25) is 9.59 Å². The Morgan fingerprint density at radius 2 is 1.77 bits per heavy atom. The lowest BCUT2D eigenvalue weighted by Gasteiger charge is -2.32. The van der Waals surface area contributed by atoms with Crippen LogP contribution in [0, 0.1) is 11.8 Å². The van der Waals surface area contributed by atoms with Crippen LogP contribution in [0.5, 0.6) is 0 Å². The Kier molecular flexibility index (Phi) is 7.91. The van der Waals surface area contributed by atoms with E-state index in [0.29, 0.717) is 24.1 Å². The van der Waals surface area contributed by atoms with Gasteiger partial charge in [-0.2, -0.15) is 8.78 Å². The molecule has 1 N–H and O–H groups in total. The predicted octanol–water partition coefficient (Wildman–Crippen LogP) is 4.47.